The van der Waals surface area contributed by atoms with Crippen molar-refractivity contribution < 1.29 is 23.4 Å². The predicted molar refractivity (Wildman–Crippen MR) is 172 cm³/mol. The second kappa shape index (κ2) is 10.4. The monoisotopic (exact) mass is 621 g/mol. The number of aliphatic hydroxyl groups is 2. The molecule has 7 aliphatic rings. The van der Waals surface area contributed by atoms with Crippen molar-refractivity contribution in [2.45, 2.75) is 109 Å². The van der Waals surface area contributed by atoms with E-state index < -0.39 is 26.5 Å². The molecule has 8 rings (SSSR count). The Morgan fingerprint density at radius 2 is 1.57 bits per heavy atom. The van der Waals surface area contributed by atoms with Crippen molar-refractivity contribution in [2.24, 2.45) is 39.4 Å². The number of fused-ring (bicyclic) bond motifs is 1. The number of hydrogen-bond acceptors (Lipinski definition) is 5. The largest absolute Gasteiger partial charge is 0.393 e. The summed E-state index contributed by atoms with van der Waals surface area (Å²) in [5.74, 6) is 0.653. The SMILES string of the molecule is C[C@]12CC[C@H]3[C@]4(C=C[C@@]5(C=C4C(=O)C4CCCCC4)CC(O)CC[C@]35C)[C@@H]1CC[C@@]2(O)CN(Cc1ccccc1)S(C)(=O)=O. The standard InChI is InChI=1S/C37H51NO5S/c1-33-17-14-28(39)22-35(33)20-21-37(29(23-35)32(40)27-12-8-5-9-13-27)30(33)15-18-34(2)31(37)16-19-36(34,41)25-38(44(3,42)43)24-26-10-6-4-7-11-26/h4,6-7,10-11,20-21,23,27-28,30-31,39,41H,5,8-9,12-19,22,24-25H2,1-3H3/t28?,30-,31-,33-,34+,35+,36-,37-/m1/s1. The van der Waals surface area contributed by atoms with Gasteiger partial charge in [-0.2, -0.15) is 4.31 Å². The first-order valence-electron chi connectivity index (χ1n) is 17.2. The zero-order valence-corrected chi connectivity index (χ0v) is 27.6. The quantitative estimate of drug-likeness (QED) is 0.354. The Hall–Kier alpha value is -1.80. The van der Waals surface area contributed by atoms with Crippen LogP contribution in [0.4, 0.5) is 0 Å². The number of ketones is 1. The molecular weight excluding hydrogens is 570 g/mol. The molecule has 6 nitrogen and oxygen atoms in total. The van der Waals surface area contributed by atoms with E-state index in [2.05, 4.69) is 32.1 Å². The van der Waals surface area contributed by atoms with Crippen LogP contribution in [0.5, 0.6) is 0 Å². The summed E-state index contributed by atoms with van der Waals surface area (Å²) in [6, 6.07) is 9.62. The molecule has 0 aliphatic heterocycles. The van der Waals surface area contributed by atoms with E-state index in [4.69, 9.17) is 0 Å². The van der Waals surface area contributed by atoms with Gasteiger partial charge in [-0.05, 0) is 80.6 Å². The maximum absolute atomic E-state index is 14.7. The van der Waals surface area contributed by atoms with E-state index in [0.717, 1.165) is 68.9 Å². The third-order valence-corrected chi connectivity index (χ3v) is 15.3. The summed E-state index contributed by atoms with van der Waals surface area (Å²) >= 11 is 0. The summed E-state index contributed by atoms with van der Waals surface area (Å²) in [5.41, 5.74) is -0.752. The average Bonchev–Trinajstić information content (AvgIpc) is 3.27. The van der Waals surface area contributed by atoms with E-state index in [1.54, 1.807) is 0 Å². The second-order valence-electron chi connectivity index (χ2n) is 16.0. The lowest BCUT2D eigenvalue weighted by Crippen LogP contribution is -2.67. The molecule has 4 fully saturated rings. The maximum atomic E-state index is 14.7. The number of rotatable bonds is 7. The molecule has 1 aromatic carbocycles. The fourth-order valence-corrected chi connectivity index (χ4v) is 12.4. The Bertz CT molecular complexity index is 1480. The molecule has 2 spiro atoms. The second-order valence-corrected chi connectivity index (χ2v) is 18.0. The number of Topliss-reactive ketones (excluding diaryl/α,β-unsaturated/α-hetero) is 1. The molecule has 44 heavy (non-hydrogen) atoms. The normalized spacial score (nSPS) is 43.3. The minimum Gasteiger partial charge on any atom is -0.393 e. The van der Waals surface area contributed by atoms with Gasteiger partial charge in [0.1, 0.15) is 0 Å². The van der Waals surface area contributed by atoms with Gasteiger partial charge in [-0.3, -0.25) is 4.79 Å². The van der Waals surface area contributed by atoms with Crippen molar-refractivity contribution in [3.63, 3.8) is 0 Å². The lowest BCUT2D eigenvalue weighted by Gasteiger charge is -2.71. The molecule has 0 heterocycles. The van der Waals surface area contributed by atoms with Crippen molar-refractivity contribution in [1.82, 2.24) is 4.31 Å². The van der Waals surface area contributed by atoms with Crippen LogP contribution in [0.15, 0.2) is 54.1 Å². The van der Waals surface area contributed by atoms with Crippen LogP contribution < -0.4 is 0 Å². The Kier molecular flexibility index (Phi) is 7.25. The van der Waals surface area contributed by atoms with Gasteiger partial charge in [0.2, 0.25) is 10.0 Å². The average molecular weight is 622 g/mol. The zero-order chi connectivity index (χ0) is 31.2. The Morgan fingerprint density at radius 1 is 0.909 bits per heavy atom. The summed E-state index contributed by atoms with van der Waals surface area (Å²) in [6.07, 6.45) is 18.6. The van der Waals surface area contributed by atoms with Gasteiger partial charge in [0.05, 0.1) is 18.0 Å². The number of allylic oxidation sites excluding steroid dienone is 4. The number of sulfonamides is 1. The van der Waals surface area contributed by atoms with E-state index in [1.165, 1.54) is 17.0 Å². The molecule has 2 bridgehead atoms. The smallest absolute Gasteiger partial charge is 0.211 e. The topological polar surface area (TPSA) is 94.9 Å². The van der Waals surface area contributed by atoms with Gasteiger partial charge in [-0.25, -0.2) is 8.42 Å². The zero-order valence-electron chi connectivity index (χ0n) is 26.8. The lowest BCUT2D eigenvalue weighted by molar-refractivity contribution is -0.177. The van der Waals surface area contributed by atoms with Gasteiger partial charge >= 0.3 is 0 Å². The number of aliphatic hydroxyl groups excluding tert-OH is 1. The van der Waals surface area contributed by atoms with Crippen LogP contribution in [0.2, 0.25) is 0 Å². The molecule has 7 aliphatic carbocycles. The van der Waals surface area contributed by atoms with E-state index >= 15 is 0 Å². The molecule has 0 aromatic heterocycles. The maximum Gasteiger partial charge on any atom is 0.211 e. The number of carbonyl (C=O) groups excluding carboxylic acids is 1. The van der Waals surface area contributed by atoms with Crippen molar-refractivity contribution in [3.8, 4) is 0 Å². The van der Waals surface area contributed by atoms with Crippen LogP contribution in [0, 0.1) is 39.4 Å². The van der Waals surface area contributed by atoms with E-state index in [-0.39, 0.29) is 47.8 Å². The van der Waals surface area contributed by atoms with Crippen LogP contribution in [-0.2, 0) is 21.4 Å². The highest BCUT2D eigenvalue weighted by molar-refractivity contribution is 7.88. The highest BCUT2D eigenvalue weighted by atomic mass is 32.2. The highest BCUT2D eigenvalue weighted by Crippen LogP contribution is 2.78. The van der Waals surface area contributed by atoms with Crippen molar-refractivity contribution in [3.05, 3.63) is 59.7 Å². The Morgan fingerprint density at radius 3 is 2.27 bits per heavy atom. The van der Waals surface area contributed by atoms with Crippen molar-refractivity contribution in [2.75, 3.05) is 12.8 Å². The first kappa shape index (κ1) is 30.8. The van der Waals surface area contributed by atoms with Crippen LogP contribution in [0.1, 0.15) is 96.5 Å². The molecule has 0 radical (unpaired) electrons. The Labute approximate surface area is 264 Å². The first-order chi connectivity index (χ1) is 20.8. The molecule has 0 saturated heterocycles. The molecular formula is C37H51NO5S. The summed E-state index contributed by atoms with van der Waals surface area (Å²) in [5, 5.41) is 23.6. The summed E-state index contributed by atoms with van der Waals surface area (Å²) < 4.78 is 27.8. The van der Waals surface area contributed by atoms with Gasteiger partial charge in [0, 0.05) is 40.8 Å². The Balaban J connectivity index is 1.31. The van der Waals surface area contributed by atoms with Gasteiger partial charge < -0.3 is 10.2 Å². The van der Waals surface area contributed by atoms with Crippen molar-refractivity contribution in [1.29, 1.82) is 0 Å². The predicted octanol–water partition coefficient (Wildman–Crippen LogP) is 6.19. The van der Waals surface area contributed by atoms with E-state index in [1.807, 2.05) is 30.3 Å². The minimum atomic E-state index is -3.59. The fourth-order valence-electron chi connectivity index (χ4n) is 11.6. The number of hydrogen-bond donors (Lipinski definition) is 2. The third-order valence-electron chi connectivity index (χ3n) is 14.1. The van der Waals surface area contributed by atoms with Crippen LogP contribution in [0.25, 0.3) is 0 Å². The third kappa shape index (κ3) is 4.28. The van der Waals surface area contributed by atoms with Crippen LogP contribution >= 0.6 is 0 Å². The number of nitrogens with zero attached hydrogens (tertiary/aromatic N) is 1. The molecule has 240 valence electrons. The van der Waals surface area contributed by atoms with Gasteiger partial charge in [-0.1, -0.05) is 81.7 Å². The molecule has 4 saturated carbocycles. The molecule has 7 heteroatoms. The van der Waals surface area contributed by atoms with Gasteiger partial charge in [-0.15, -0.1) is 0 Å². The first-order valence-corrected chi connectivity index (χ1v) is 19.0. The van der Waals surface area contributed by atoms with E-state index in [0.29, 0.717) is 18.6 Å². The van der Waals surface area contributed by atoms with Crippen LogP contribution in [-0.4, -0.2) is 53.2 Å². The molecule has 1 aromatic rings. The van der Waals surface area contributed by atoms with Gasteiger partial charge in [0.15, 0.2) is 5.78 Å². The molecule has 8 atom stereocenters. The fraction of sp³-hybridized carbons (Fsp3) is 0.703. The van der Waals surface area contributed by atoms with Crippen molar-refractivity contribution >= 4 is 15.8 Å². The van der Waals surface area contributed by atoms with E-state index in [9.17, 15) is 23.4 Å². The lowest BCUT2D eigenvalue weighted by atomic mass is 9.32. The molecule has 2 N–H and O–H groups in total. The summed E-state index contributed by atoms with van der Waals surface area (Å²) in [6.45, 7) is 4.89. The highest BCUT2D eigenvalue weighted by Gasteiger charge is 2.74. The van der Waals surface area contributed by atoms with Gasteiger partial charge in [0.25, 0.3) is 0 Å². The summed E-state index contributed by atoms with van der Waals surface area (Å²) in [7, 11) is -3.59. The number of carbonyl (C=O) groups is 1. The van der Waals surface area contributed by atoms with Crippen LogP contribution in [0.3, 0.4) is 0 Å². The minimum absolute atomic E-state index is 0.0360. The number of benzene rings is 1. The molecule has 0 amide bonds. The summed E-state index contributed by atoms with van der Waals surface area (Å²) in [4.78, 5) is 14.7. The molecule has 1 unspecified atom stereocenters.